The summed E-state index contributed by atoms with van der Waals surface area (Å²) in [5, 5.41) is 2.85. The molecule has 0 aliphatic rings. The molecule has 0 aliphatic heterocycles. The number of amides is 1. The highest BCUT2D eigenvalue weighted by molar-refractivity contribution is 9.10. The van der Waals surface area contributed by atoms with Crippen LogP contribution in [0, 0.1) is 13.8 Å². The molecule has 0 atom stereocenters. The second-order valence-corrected chi connectivity index (χ2v) is 5.37. The predicted molar refractivity (Wildman–Crippen MR) is 82.4 cm³/mol. The predicted octanol–water partition coefficient (Wildman–Crippen LogP) is 3.90. The van der Waals surface area contributed by atoms with Gasteiger partial charge in [0.1, 0.15) is 0 Å². The lowest BCUT2D eigenvalue weighted by atomic mass is 10.0. The zero-order valence-electron chi connectivity index (χ0n) is 10.8. The van der Waals surface area contributed by atoms with Gasteiger partial charge >= 0.3 is 0 Å². The fourth-order valence-corrected chi connectivity index (χ4v) is 2.38. The largest absolute Gasteiger partial charge is 0.397 e. The van der Waals surface area contributed by atoms with Crippen LogP contribution in [0.4, 0.5) is 11.4 Å². The van der Waals surface area contributed by atoms with E-state index in [0.29, 0.717) is 16.9 Å². The van der Waals surface area contributed by atoms with Gasteiger partial charge in [0.2, 0.25) is 0 Å². The molecule has 98 valence electrons. The number of hydrogen-bond acceptors (Lipinski definition) is 2. The van der Waals surface area contributed by atoms with E-state index in [0.717, 1.165) is 15.6 Å². The summed E-state index contributed by atoms with van der Waals surface area (Å²) in [6.07, 6.45) is 0. The summed E-state index contributed by atoms with van der Waals surface area (Å²) in [4.78, 5) is 12.3. The van der Waals surface area contributed by atoms with Crippen LogP contribution in [0.25, 0.3) is 0 Å². The smallest absolute Gasteiger partial charge is 0.256 e. The van der Waals surface area contributed by atoms with Gasteiger partial charge in [-0.15, -0.1) is 0 Å². The first kappa shape index (κ1) is 13.6. The molecule has 0 aliphatic carbocycles. The number of halogens is 1. The molecular weight excluding hydrogens is 304 g/mol. The lowest BCUT2D eigenvalue weighted by Gasteiger charge is -2.12. The highest BCUT2D eigenvalue weighted by Crippen LogP contribution is 2.24. The normalized spacial score (nSPS) is 10.3. The van der Waals surface area contributed by atoms with Crippen LogP contribution in [0.3, 0.4) is 0 Å². The van der Waals surface area contributed by atoms with Gasteiger partial charge in [0, 0.05) is 10.0 Å². The zero-order chi connectivity index (χ0) is 14.0. The van der Waals surface area contributed by atoms with Crippen LogP contribution in [0.15, 0.2) is 40.9 Å². The fourth-order valence-electron chi connectivity index (χ4n) is 2.00. The number of benzene rings is 2. The van der Waals surface area contributed by atoms with Crippen molar-refractivity contribution in [2.45, 2.75) is 13.8 Å². The molecule has 0 saturated carbocycles. The Kier molecular flexibility index (Phi) is 3.90. The van der Waals surface area contributed by atoms with Crippen molar-refractivity contribution in [3.8, 4) is 0 Å². The minimum Gasteiger partial charge on any atom is -0.397 e. The average molecular weight is 319 g/mol. The van der Waals surface area contributed by atoms with Crippen LogP contribution in [0.1, 0.15) is 21.5 Å². The third-order valence-corrected chi connectivity index (χ3v) is 3.46. The second kappa shape index (κ2) is 5.45. The number of nitrogens with two attached hydrogens (primary N) is 1. The van der Waals surface area contributed by atoms with Gasteiger partial charge in [-0.25, -0.2) is 0 Å². The summed E-state index contributed by atoms with van der Waals surface area (Å²) >= 11 is 3.34. The van der Waals surface area contributed by atoms with Crippen LogP contribution in [-0.4, -0.2) is 5.91 Å². The van der Waals surface area contributed by atoms with E-state index in [1.54, 1.807) is 12.1 Å². The number of aryl methyl sites for hydroxylation is 2. The van der Waals surface area contributed by atoms with E-state index in [2.05, 4.69) is 21.2 Å². The molecular formula is C15H15BrN2O. The number of rotatable bonds is 2. The number of carbonyl (C=O) groups excluding carboxylic acids is 1. The van der Waals surface area contributed by atoms with Crippen molar-refractivity contribution < 1.29 is 4.79 Å². The summed E-state index contributed by atoms with van der Waals surface area (Å²) in [6, 6.07) is 11.2. The fraction of sp³-hybridized carbons (Fsp3) is 0.133. The van der Waals surface area contributed by atoms with Crippen molar-refractivity contribution in [3.05, 3.63) is 57.6 Å². The Balaban J connectivity index is 2.31. The molecule has 3 N–H and O–H groups in total. The summed E-state index contributed by atoms with van der Waals surface area (Å²) in [5.74, 6) is -0.135. The molecule has 2 rings (SSSR count). The molecule has 0 radical (unpaired) electrons. The van der Waals surface area contributed by atoms with Gasteiger partial charge in [-0.2, -0.15) is 0 Å². The van der Waals surface area contributed by atoms with Crippen LogP contribution >= 0.6 is 15.9 Å². The molecule has 4 heteroatoms. The maximum atomic E-state index is 12.3. The van der Waals surface area contributed by atoms with Gasteiger partial charge in [-0.1, -0.05) is 34.1 Å². The van der Waals surface area contributed by atoms with E-state index >= 15 is 0 Å². The minimum atomic E-state index is -0.135. The Bertz CT molecular complexity index is 618. The quantitative estimate of drug-likeness (QED) is 0.825. The van der Waals surface area contributed by atoms with E-state index in [-0.39, 0.29) is 5.91 Å². The van der Waals surface area contributed by atoms with Crippen molar-refractivity contribution in [3.63, 3.8) is 0 Å². The monoisotopic (exact) mass is 318 g/mol. The zero-order valence-corrected chi connectivity index (χ0v) is 12.4. The Labute approximate surface area is 121 Å². The molecule has 0 unspecified atom stereocenters. The van der Waals surface area contributed by atoms with Crippen molar-refractivity contribution in [2.75, 3.05) is 11.1 Å². The van der Waals surface area contributed by atoms with Gasteiger partial charge in [0.25, 0.3) is 5.91 Å². The van der Waals surface area contributed by atoms with Gasteiger partial charge in [-0.3, -0.25) is 4.79 Å². The molecule has 3 nitrogen and oxygen atoms in total. The minimum absolute atomic E-state index is 0.135. The Morgan fingerprint density at radius 3 is 2.37 bits per heavy atom. The number of nitrogen functional groups attached to an aromatic ring is 1. The van der Waals surface area contributed by atoms with Crippen molar-refractivity contribution in [2.24, 2.45) is 0 Å². The van der Waals surface area contributed by atoms with E-state index < -0.39 is 0 Å². The maximum Gasteiger partial charge on any atom is 0.256 e. The molecule has 0 aromatic heterocycles. The molecule has 19 heavy (non-hydrogen) atoms. The Hall–Kier alpha value is -1.81. The SMILES string of the molecule is Cc1cccc(C)c1C(=O)Nc1ccc(Br)cc1N. The summed E-state index contributed by atoms with van der Waals surface area (Å²) in [6.45, 7) is 3.85. The first-order valence-electron chi connectivity index (χ1n) is 5.91. The number of carbonyl (C=O) groups is 1. The molecule has 1 amide bonds. The lowest BCUT2D eigenvalue weighted by molar-refractivity contribution is 0.102. The number of nitrogens with one attached hydrogen (secondary N) is 1. The summed E-state index contributed by atoms with van der Waals surface area (Å²) in [7, 11) is 0. The average Bonchev–Trinajstić information content (AvgIpc) is 2.32. The molecule has 2 aromatic rings. The van der Waals surface area contributed by atoms with Crippen LogP contribution in [0.2, 0.25) is 0 Å². The van der Waals surface area contributed by atoms with E-state index in [1.165, 1.54) is 0 Å². The second-order valence-electron chi connectivity index (χ2n) is 4.45. The Morgan fingerprint density at radius 1 is 1.16 bits per heavy atom. The highest BCUT2D eigenvalue weighted by atomic mass is 79.9. The van der Waals surface area contributed by atoms with Gasteiger partial charge in [0.15, 0.2) is 0 Å². The van der Waals surface area contributed by atoms with E-state index in [4.69, 9.17) is 5.73 Å². The Morgan fingerprint density at radius 2 is 1.79 bits per heavy atom. The van der Waals surface area contributed by atoms with Crippen molar-refractivity contribution in [1.29, 1.82) is 0 Å². The van der Waals surface area contributed by atoms with Gasteiger partial charge in [0.05, 0.1) is 11.4 Å². The van der Waals surface area contributed by atoms with Gasteiger partial charge < -0.3 is 11.1 Å². The van der Waals surface area contributed by atoms with Crippen LogP contribution in [0.5, 0.6) is 0 Å². The number of anilines is 2. The standard InChI is InChI=1S/C15H15BrN2O/c1-9-4-3-5-10(2)14(9)15(19)18-13-7-6-11(16)8-12(13)17/h3-8H,17H2,1-2H3,(H,18,19). The molecule has 2 aromatic carbocycles. The molecule has 0 spiro atoms. The maximum absolute atomic E-state index is 12.3. The van der Waals surface area contributed by atoms with Crippen LogP contribution < -0.4 is 11.1 Å². The molecule has 0 saturated heterocycles. The van der Waals surface area contributed by atoms with Crippen LogP contribution in [-0.2, 0) is 0 Å². The molecule has 0 fully saturated rings. The first-order chi connectivity index (χ1) is 8.99. The van der Waals surface area contributed by atoms with Gasteiger partial charge in [-0.05, 0) is 43.2 Å². The molecule has 0 heterocycles. The third-order valence-electron chi connectivity index (χ3n) is 2.97. The highest BCUT2D eigenvalue weighted by Gasteiger charge is 2.13. The first-order valence-corrected chi connectivity index (χ1v) is 6.71. The lowest BCUT2D eigenvalue weighted by Crippen LogP contribution is -2.15. The van der Waals surface area contributed by atoms with E-state index in [1.807, 2.05) is 38.1 Å². The van der Waals surface area contributed by atoms with Crippen molar-refractivity contribution in [1.82, 2.24) is 0 Å². The topological polar surface area (TPSA) is 55.1 Å². The summed E-state index contributed by atoms with van der Waals surface area (Å²) < 4.78 is 0.884. The third kappa shape index (κ3) is 2.96. The summed E-state index contributed by atoms with van der Waals surface area (Å²) in [5.41, 5.74) is 9.64. The van der Waals surface area contributed by atoms with Crippen molar-refractivity contribution >= 4 is 33.2 Å². The van der Waals surface area contributed by atoms with E-state index in [9.17, 15) is 4.79 Å². The number of hydrogen-bond donors (Lipinski definition) is 2. The molecule has 0 bridgehead atoms.